The molecule has 2 N–H and O–H groups in total. The third kappa shape index (κ3) is 4.00. The lowest BCUT2D eigenvalue weighted by Gasteiger charge is -2.36. The fourth-order valence-corrected chi connectivity index (χ4v) is 2.82. The first-order valence-corrected chi connectivity index (χ1v) is 7.62. The summed E-state index contributed by atoms with van der Waals surface area (Å²) in [6, 6.07) is 5.96. The molecule has 22 heavy (non-hydrogen) atoms. The van der Waals surface area contributed by atoms with E-state index in [-0.39, 0.29) is 12.3 Å². The summed E-state index contributed by atoms with van der Waals surface area (Å²) < 4.78 is 5.60. The quantitative estimate of drug-likeness (QED) is 0.759. The molecule has 1 aromatic carbocycles. The number of carbonyl (C=O) groups is 2. The summed E-state index contributed by atoms with van der Waals surface area (Å²) in [5.74, 6) is -0.292. The van der Waals surface area contributed by atoms with Crippen molar-refractivity contribution in [1.82, 2.24) is 5.32 Å². The van der Waals surface area contributed by atoms with Gasteiger partial charge in [-0.3, -0.25) is 9.59 Å². The molecule has 5 heteroatoms. The molecule has 1 saturated carbocycles. The highest BCUT2D eigenvalue weighted by molar-refractivity contribution is 5.85. The number of carboxylic acids is 1. The summed E-state index contributed by atoms with van der Waals surface area (Å²) in [4.78, 5) is 23.1. The molecule has 2 rings (SSSR count). The van der Waals surface area contributed by atoms with Gasteiger partial charge in [-0.05, 0) is 49.9 Å². The van der Waals surface area contributed by atoms with Crippen LogP contribution in [0, 0.1) is 19.3 Å². The van der Waals surface area contributed by atoms with Gasteiger partial charge in [0.15, 0.2) is 0 Å². The number of amides is 1. The van der Waals surface area contributed by atoms with Crippen molar-refractivity contribution in [2.24, 2.45) is 5.41 Å². The Morgan fingerprint density at radius 3 is 2.36 bits per heavy atom. The van der Waals surface area contributed by atoms with Crippen molar-refractivity contribution in [3.05, 3.63) is 29.3 Å². The summed E-state index contributed by atoms with van der Waals surface area (Å²) in [6.07, 6.45) is 2.13. The zero-order chi connectivity index (χ0) is 16.2. The van der Waals surface area contributed by atoms with Gasteiger partial charge in [0.25, 0.3) is 0 Å². The van der Waals surface area contributed by atoms with Crippen molar-refractivity contribution >= 4 is 11.9 Å². The summed E-state index contributed by atoms with van der Waals surface area (Å²) in [5, 5.41) is 11.9. The van der Waals surface area contributed by atoms with Crippen LogP contribution in [-0.2, 0) is 9.59 Å². The zero-order valence-electron chi connectivity index (χ0n) is 13.1. The van der Waals surface area contributed by atoms with Crippen LogP contribution in [0.5, 0.6) is 5.75 Å². The Balaban J connectivity index is 1.72. The van der Waals surface area contributed by atoms with Crippen molar-refractivity contribution in [1.29, 1.82) is 0 Å². The minimum absolute atomic E-state index is 0.0614. The maximum atomic E-state index is 11.8. The van der Waals surface area contributed by atoms with Gasteiger partial charge in [-0.1, -0.05) is 12.5 Å². The largest absolute Gasteiger partial charge is 0.492 e. The van der Waals surface area contributed by atoms with Crippen LogP contribution in [0.15, 0.2) is 18.2 Å². The van der Waals surface area contributed by atoms with Gasteiger partial charge >= 0.3 is 5.97 Å². The van der Waals surface area contributed by atoms with Crippen molar-refractivity contribution in [3.8, 4) is 5.75 Å². The molecular weight excluding hydrogens is 282 g/mol. The molecular formula is C17H23NO4. The van der Waals surface area contributed by atoms with Gasteiger partial charge < -0.3 is 15.2 Å². The topological polar surface area (TPSA) is 75.6 Å². The van der Waals surface area contributed by atoms with Gasteiger partial charge in [0.1, 0.15) is 12.4 Å². The fraction of sp³-hybridized carbons (Fsp3) is 0.529. The first-order chi connectivity index (χ1) is 10.4. The van der Waals surface area contributed by atoms with Gasteiger partial charge in [0.05, 0.1) is 12.0 Å². The maximum absolute atomic E-state index is 11.8. The fourth-order valence-electron chi connectivity index (χ4n) is 2.82. The molecule has 0 bridgehead atoms. The Bertz CT molecular complexity index is 544. The SMILES string of the molecule is Cc1cc(C)cc(OCCNC(=O)CC2(C(=O)O)CCC2)c1. The monoisotopic (exact) mass is 305 g/mol. The number of hydrogen-bond acceptors (Lipinski definition) is 3. The molecule has 5 nitrogen and oxygen atoms in total. The number of carbonyl (C=O) groups excluding carboxylic acids is 1. The predicted molar refractivity (Wildman–Crippen MR) is 83.0 cm³/mol. The van der Waals surface area contributed by atoms with Crippen LogP contribution in [0.4, 0.5) is 0 Å². The number of rotatable bonds is 7. The molecule has 1 aromatic rings. The first kappa shape index (κ1) is 16.3. The molecule has 0 unspecified atom stereocenters. The average molecular weight is 305 g/mol. The number of aliphatic carboxylic acids is 1. The van der Waals surface area contributed by atoms with Crippen molar-refractivity contribution in [2.75, 3.05) is 13.2 Å². The molecule has 1 aliphatic carbocycles. The van der Waals surface area contributed by atoms with Crippen LogP contribution in [0.3, 0.4) is 0 Å². The van der Waals surface area contributed by atoms with E-state index in [4.69, 9.17) is 4.74 Å². The first-order valence-electron chi connectivity index (χ1n) is 7.62. The minimum Gasteiger partial charge on any atom is -0.492 e. The van der Waals surface area contributed by atoms with Crippen LogP contribution in [-0.4, -0.2) is 30.1 Å². The van der Waals surface area contributed by atoms with E-state index in [9.17, 15) is 14.7 Å². The highest BCUT2D eigenvalue weighted by Crippen LogP contribution is 2.44. The van der Waals surface area contributed by atoms with E-state index in [1.807, 2.05) is 26.0 Å². The smallest absolute Gasteiger partial charge is 0.310 e. The minimum atomic E-state index is -0.861. The van der Waals surface area contributed by atoms with Gasteiger partial charge in [-0.2, -0.15) is 0 Å². The van der Waals surface area contributed by atoms with Crippen LogP contribution < -0.4 is 10.1 Å². The molecule has 1 fully saturated rings. The van der Waals surface area contributed by atoms with Crippen molar-refractivity contribution < 1.29 is 19.4 Å². The molecule has 0 radical (unpaired) electrons. The predicted octanol–water partition coefficient (Wildman–Crippen LogP) is 2.44. The maximum Gasteiger partial charge on any atom is 0.310 e. The van der Waals surface area contributed by atoms with Crippen LogP contribution in [0.2, 0.25) is 0 Å². The van der Waals surface area contributed by atoms with Gasteiger partial charge in [-0.15, -0.1) is 0 Å². The number of ether oxygens (including phenoxy) is 1. The number of benzene rings is 1. The van der Waals surface area contributed by atoms with Crippen LogP contribution >= 0.6 is 0 Å². The Kier molecular flexibility index (Phi) is 5.06. The third-order valence-electron chi connectivity index (χ3n) is 4.15. The Morgan fingerprint density at radius 1 is 1.23 bits per heavy atom. The number of aryl methyl sites for hydroxylation is 2. The third-order valence-corrected chi connectivity index (χ3v) is 4.15. The standard InChI is InChI=1S/C17H23NO4/c1-12-8-13(2)10-14(9-12)22-7-6-18-15(19)11-17(16(20)21)4-3-5-17/h8-10H,3-7,11H2,1-2H3,(H,18,19)(H,20,21). The number of carboxylic acid groups (broad SMARTS) is 1. The second-order valence-electron chi connectivity index (χ2n) is 6.14. The lowest BCUT2D eigenvalue weighted by atomic mass is 9.66. The summed E-state index contributed by atoms with van der Waals surface area (Å²) in [5.41, 5.74) is 1.43. The number of nitrogens with one attached hydrogen (secondary N) is 1. The molecule has 0 atom stereocenters. The van der Waals surface area contributed by atoms with E-state index in [2.05, 4.69) is 11.4 Å². The molecule has 1 amide bonds. The second kappa shape index (κ2) is 6.81. The van der Waals surface area contributed by atoms with Gasteiger partial charge in [-0.25, -0.2) is 0 Å². The van der Waals surface area contributed by atoms with Gasteiger partial charge in [0.2, 0.25) is 5.91 Å². The Hall–Kier alpha value is -2.04. The second-order valence-corrected chi connectivity index (χ2v) is 6.14. The van der Waals surface area contributed by atoms with E-state index in [0.29, 0.717) is 26.0 Å². The summed E-state index contributed by atoms with van der Waals surface area (Å²) in [7, 11) is 0. The molecule has 0 aliphatic heterocycles. The lowest BCUT2D eigenvalue weighted by Crippen LogP contribution is -2.43. The molecule has 120 valence electrons. The Morgan fingerprint density at radius 2 is 1.86 bits per heavy atom. The highest BCUT2D eigenvalue weighted by Gasteiger charge is 2.45. The van der Waals surface area contributed by atoms with Crippen LogP contribution in [0.1, 0.15) is 36.8 Å². The van der Waals surface area contributed by atoms with E-state index >= 15 is 0 Å². The van der Waals surface area contributed by atoms with E-state index in [1.54, 1.807) is 0 Å². The zero-order valence-corrected chi connectivity index (χ0v) is 13.1. The summed E-state index contributed by atoms with van der Waals surface area (Å²) >= 11 is 0. The van der Waals surface area contributed by atoms with Crippen molar-refractivity contribution in [3.63, 3.8) is 0 Å². The molecule has 0 aromatic heterocycles. The van der Waals surface area contributed by atoms with Crippen LogP contribution in [0.25, 0.3) is 0 Å². The van der Waals surface area contributed by atoms with Crippen molar-refractivity contribution in [2.45, 2.75) is 39.5 Å². The van der Waals surface area contributed by atoms with E-state index in [0.717, 1.165) is 23.3 Å². The Labute approximate surface area is 130 Å². The normalized spacial score (nSPS) is 15.7. The number of hydrogen-bond donors (Lipinski definition) is 2. The molecule has 0 saturated heterocycles. The molecule has 0 spiro atoms. The van der Waals surface area contributed by atoms with E-state index < -0.39 is 11.4 Å². The molecule has 1 aliphatic rings. The lowest BCUT2D eigenvalue weighted by molar-refractivity contribution is -0.157. The highest BCUT2D eigenvalue weighted by atomic mass is 16.5. The van der Waals surface area contributed by atoms with E-state index in [1.165, 1.54) is 0 Å². The molecule has 0 heterocycles. The van der Waals surface area contributed by atoms with Gasteiger partial charge in [0, 0.05) is 6.42 Å². The average Bonchev–Trinajstić information content (AvgIpc) is 2.37. The summed E-state index contributed by atoms with van der Waals surface area (Å²) in [6.45, 7) is 4.76.